The zero-order valence-corrected chi connectivity index (χ0v) is 24.4. The predicted octanol–water partition coefficient (Wildman–Crippen LogP) is 5.27. The van der Waals surface area contributed by atoms with Gasteiger partial charge in [0.05, 0.1) is 25.4 Å². The highest BCUT2D eigenvalue weighted by atomic mass is 16.7. The second-order valence-corrected chi connectivity index (χ2v) is 14.1. The van der Waals surface area contributed by atoms with Gasteiger partial charge in [-0.15, -0.1) is 0 Å². The minimum Gasteiger partial charge on any atom is -0.466 e. The van der Waals surface area contributed by atoms with Crippen LogP contribution >= 0.6 is 0 Å². The summed E-state index contributed by atoms with van der Waals surface area (Å²) < 4.78 is 24.4. The first-order valence-electron chi connectivity index (χ1n) is 15.2. The van der Waals surface area contributed by atoms with Crippen LogP contribution in [0.15, 0.2) is 0 Å². The van der Waals surface area contributed by atoms with Gasteiger partial charge in [-0.1, -0.05) is 27.7 Å². The third-order valence-corrected chi connectivity index (χ3v) is 11.9. The summed E-state index contributed by atoms with van der Waals surface area (Å²) >= 11 is 0. The van der Waals surface area contributed by atoms with Gasteiger partial charge in [-0.05, 0) is 91.8 Å². The molecule has 0 aromatic carbocycles. The fourth-order valence-electron chi connectivity index (χ4n) is 9.78. The Labute approximate surface area is 228 Å². The fraction of sp³-hybridized carbons (Fsp3) is 0.935. The molecule has 1 N–H and O–H groups in total. The van der Waals surface area contributed by atoms with Gasteiger partial charge in [0, 0.05) is 26.2 Å². The Morgan fingerprint density at radius 2 is 1.76 bits per heavy atom. The first-order valence-corrected chi connectivity index (χ1v) is 15.2. The van der Waals surface area contributed by atoms with Crippen LogP contribution in [0.25, 0.3) is 0 Å². The van der Waals surface area contributed by atoms with Gasteiger partial charge < -0.3 is 24.1 Å². The van der Waals surface area contributed by atoms with Gasteiger partial charge in [0.1, 0.15) is 6.10 Å². The van der Waals surface area contributed by atoms with Gasteiger partial charge in [0.15, 0.2) is 5.79 Å². The lowest BCUT2D eigenvalue weighted by Crippen LogP contribution is -2.55. The Balaban J connectivity index is 1.38. The highest BCUT2D eigenvalue weighted by Crippen LogP contribution is 2.66. The Kier molecular flexibility index (Phi) is 7.71. The number of esters is 2. The van der Waals surface area contributed by atoms with E-state index < -0.39 is 11.9 Å². The molecular formula is C31H50O7. The average Bonchev–Trinajstić information content (AvgIpc) is 3.27. The van der Waals surface area contributed by atoms with Crippen molar-refractivity contribution in [2.24, 2.45) is 46.3 Å². The lowest BCUT2D eigenvalue weighted by molar-refractivity contribution is -0.272. The van der Waals surface area contributed by atoms with E-state index in [1.54, 1.807) is 0 Å². The van der Waals surface area contributed by atoms with Crippen LogP contribution in [-0.4, -0.2) is 54.4 Å². The molecule has 7 nitrogen and oxygen atoms in total. The quantitative estimate of drug-likeness (QED) is 0.481. The monoisotopic (exact) mass is 534 g/mol. The van der Waals surface area contributed by atoms with E-state index in [1.807, 2.05) is 0 Å². The van der Waals surface area contributed by atoms with E-state index in [0.29, 0.717) is 24.4 Å². The molecule has 2 heterocycles. The Morgan fingerprint density at radius 3 is 2.42 bits per heavy atom. The summed E-state index contributed by atoms with van der Waals surface area (Å²) in [5.74, 6) is 0.962. The molecule has 0 radical (unpaired) electrons. The van der Waals surface area contributed by atoms with Crippen molar-refractivity contribution in [1.29, 1.82) is 0 Å². The molecule has 1 spiro atoms. The van der Waals surface area contributed by atoms with Crippen molar-refractivity contribution < 1.29 is 33.6 Å². The molecule has 0 bridgehead atoms. The van der Waals surface area contributed by atoms with E-state index in [4.69, 9.17) is 18.9 Å². The molecule has 7 heteroatoms. The smallest absolute Gasteiger partial charge is 0.302 e. The number of ether oxygens (including phenoxy) is 4. The molecule has 38 heavy (non-hydrogen) atoms. The van der Waals surface area contributed by atoms with E-state index >= 15 is 0 Å². The molecule has 3 aliphatic carbocycles. The summed E-state index contributed by atoms with van der Waals surface area (Å²) in [5, 5.41) is 12.0. The normalized spacial score (nSPS) is 50.3. The maximum absolute atomic E-state index is 12.0. The molecule has 5 aliphatic rings. The number of hydrogen-bond acceptors (Lipinski definition) is 7. The van der Waals surface area contributed by atoms with Crippen LogP contribution in [0.2, 0.25) is 0 Å². The lowest BCUT2D eigenvalue weighted by Gasteiger charge is -2.56. The first-order chi connectivity index (χ1) is 17.9. The minimum absolute atomic E-state index is 0.0298. The number of rotatable bonds is 5. The zero-order chi connectivity index (χ0) is 27.5. The third kappa shape index (κ3) is 4.72. The maximum Gasteiger partial charge on any atom is 0.302 e. The molecule has 2 saturated heterocycles. The summed E-state index contributed by atoms with van der Waals surface area (Å²) in [6.45, 7) is 13.3. The van der Waals surface area contributed by atoms with Crippen LogP contribution in [0, 0.1) is 46.3 Å². The molecule has 3 saturated carbocycles. The molecule has 2 unspecified atom stereocenters. The van der Waals surface area contributed by atoms with Crippen molar-refractivity contribution in [3.8, 4) is 0 Å². The topological polar surface area (TPSA) is 91.3 Å². The van der Waals surface area contributed by atoms with E-state index in [0.717, 1.165) is 64.4 Å². The summed E-state index contributed by atoms with van der Waals surface area (Å²) in [4.78, 5) is 23.2. The van der Waals surface area contributed by atoms with E-state index in [2.05, 4.69) is 27.7 Å². The number of fused-ring (bicyclic) bond motifs is 2. The molecule has 0 aromatic rings. The number of aliphatic hydroxyl groups is 1. The number of hydrogen-bond donors (Lipinski definition) is 1. The Morgan fingerprint density at radius 1 is 1.00 bits per heavy atom. The molecule has 2 aliphatic heterocycles. The van der Waals surface area contributed by atoms with Crippen LogP contribution < -0.4 is 0 Å². The summed E-state index contributed by atoms with van der Waals surface area (Å²) in [6.07, 6.45) is 7.95. The van der Waals surface area contributed by atoms with Gasteiger partial charge >= 0.3 is 11.9 Å². The van der Waals surface area contributed by atoms with Crippen molar-refractivity contribution in [1.82, 2.24) is 0 Å². The molecular weight excluding hydrogens is 484 g/mol. The molecule has 0 amide bonds. The van der Waals surface area contributed by atoms with Crippen LogP contribution in [0.3, 0.4) is 0 Å². The van der Waals surface area contributed by atoms with E-state index in [-0.39, 0.29) is 52.7 Å². The molecule has 216 valence electrons. The molecule has 0 aromatic heterocycles. The number of aliphatic hydroxyl groups excluding tert-OH is 1. The van der Waals surface area contributed by atoms with Gasteiger partial charge in [0.2, 0.25) is 0 Å². The van der Waals surface area contributed by atoms with Crippen LogP contribution in [0.5, 0.6) is 0 Å². The first kappa shape index (κ1) is 28.4. The summed E-state index contributed by atoms with van der Waals surface area (Å²) in [7, 11) is 0. The average molecular weight is 535 g/mol. The van der Waals surface area contributed by atoms with E-state index in [9.17, 15) is 14.7 Å². The minimum atomic E-state index is -0.507. The van der Waals surface area contributed by atoms with Crippen molar-refractivity contribution in [2.75, 3.05) is 13.2 Å². The largest absolute Gasteiger partial charge is 0.466 e. The Bertz CT molecular complexity index is 897. The van der Waals surface area contributed by atoms with Crippen LogP contribution in [0.1, 0.15) is 99.3 Å². The molecule has 12 atom stereocenters. The van der Waals surface area contributed by atoms with Crippen molar-refractivity contribution in [3.05, 3.63) is 0 Å². The van der Waals surface area contributed by atoms with E-state index in [1.165, 1.54) is 13.8 Å². The predicted molar refractivity (Wildman–Crippen MR) is 142 cm³/mol. The number of carbonyl (C=O) groups is 2. The second-order valence-electron chi connectivity index (χ2n) is 14.1. The third-order valence-electron chi connectivity index (χ3n) is 11.9. The highest BCUT2D eigenvalue weighted by Gasteiger charge is 2.67. The zero-order valence-electron chi connectivity index (χ0n) is 24.4. The van der Waals surface area contributed by atoms with Gasteiger partial charge in [-0.3, -0.25) is 9.59 Å². The van der Waals surface area contributed by atoms with Crippen molar-refractivity contribution >= 4 is 11.9 Å². The number of carbonyl (C=O) groups excluding carboxylic acids is 2. The standard InChI is InChI=1S/C31H50O7/c1-18-9-12-31(36-17-18)19(2)27-26(38-31)16-25(30(27,6)13-14-35-20(3)32)24-8-7-22-15-23(37-21(4)33)10-11-29(22,5)28(24)34/h18-19,22-28,34H,7-17H2,1-6H3/t18-,19+,22+,23+,24?,25?,26+,27+,28+,29+,30+,31-/m1/s1. The van der Waals surface area contributed by atoms with Gasteiger partial charge in [-0.25, -0.2) is 0 Å². The van der Waals surface area contributed by atoms with Crippen LogP contribution in [-0.2, 0) is 28.5 Å². The summed E-state index contributed by atoms with van der Waals surface area (Å²) in [5.41, 5.74) is -0.302. The lowest BCUT2D eigenvalue weighted by atomic mass is 9.51. The SMILES string of the molecule is CC(=O)OCC[C@@]1(C)C(C2CC[C@H]3C[C@@H](OC(C)=O)CC[C@]3(C)[C@H]2O)C[C@@H]2O[C@]3(CC[C@@H](C)CO3)[C@@H](C)[C@@H]21. The second kappa shape index (κ2) is 10.3. The summed E-state index contributed by atoms with van der Waals surface area (Å²) in [6, 6.07) is 0. The van der Waals surface area contributed by atoms with Crippen molar-refractivity contribution in [2.45, 2.75) is 123 Å². The Hall–Kier alpha value is -1.18. The fourth-order valence-corrected chi connectivity index (χ4v) is 9.78. The van der Waals surface area contributed by atoms with Crippen LogP contribution in [0.4, 0.5) is 0 Å². The molecule has 5 fully saturated rings. The highest BCUT2D eigenvalue weighted by molar-refractivity contribution is 5.66. The van der Waals surface area contributed by atoms with Gasteiger partial charge in [0.25, 0.3) is 0 Å². The maximum atomic E-state index is 12.0. The van der Waals surface area contributed by atoms with Crippen molar-refractivity contribution in [3.63, 3.8) is 0 Å². The molecule has 5 rings (SSSR count). The van der Waals surface area contributed by atoms with Gasteiger partial charge in [-0.2, -0.15) is 0 Å².